The van der Waals surface area contributed by atoms with Crippen LogP contribution in [0.4, 0.5) is 0 Å². The van der Waals surface area contributed by atoms with Gasteiger partial charge < -0.3 is 7.58 Å². The van der Waals surface area contributed by atoms with Crippen molar-refractivity contribution >= 4 is 45.2 Å². The van der Waals surface area contributed by atoms with Crippen LogP contribution in [0.5, 0.6) is 0 Å². The maximum atomic E-state index is 11.8. The van der Waals surface area contributed by atoms with Crippen molar-refractivity contribution in [3.05, 3.63) is 35.9 Å². The molecule has 0 aliphatic rings. The Bertz CT molecular complexity index is 552. The quantitative estimate of drug-likeness (QED) is 0.195. The van der Waals surface area contributed by atoms with Crippen molar-refractivity contribution in [3.63, 3.8) is 0 Å². The fourth-order valence-corrected chi connectivity index (χ4v) is 4.13. The van der Waals surface area contributed by atoms with E-state index in [1.807, 2.05) is 6.07 Å². The van der Waals surface area contributed by atoms with Gasteiger partial charge in [0.15, 0.2) is 17.4 Å². The maximum Gasteiger partial charge on any atom is 0.836 e. The Morgan fingerprint density at radius 1 is 0.677 bits per heavy atom. The van der Waals surface area contributed by atoms with Gasteiger partial charge in [-0.1, -0.05) is 115 Å². The standard InChI is InChI=1S/C18H36O2.C7H6O2.2Al.4H/c1-2-3-4-5-6-7-8-9-10-11-12-13-14-15-16-17-18(19)20;8-7(9)6-4-2-1-3-5-6;;;;;;/h2-17H2,1H3,(H,19,20);1-5H,(H,8,9);;;;;;/q;;;+2;;;;/p-2. The Labute approximate surface area is 207 Å². The molecule has 0 heterocycles. The molecular weight excluding hydrogens is 418 g/mol. The molecule has 0 saturated carbocycles. The monoisotopic (exact) mass is 462 g/mol. The topological polar surface area (TPSA) is 52.6 Å². The minimum atomic E-state index is -1.59. The predicted octanol–water partition coefficient (Wildman–Crippen LogP) is 5.73. The van der Waals surface area contributed by atoms with Crippen LogP contribution in [0.2, 0.25) is 0 Å². The lowest BCUT2D eigenvalue weighted by Crippen LogP contribution is -2.16. The Morgan fingerprint density at radius 2 is 1.13 bits per heavy atom. The molecule has 0 saturated heterocycles. The average Bonchev–Trinajstić information content (AvgIpc) is 2.77. The Morgan fingerprint density at radius 3 is 1.61 bits per heavy atom. The molecule has 0 amide bonds. The summed E-state index contributed by atoms with van der Waals surface area (Å²) in [5.74, 6) is -0.653. The fourth-order valence-electron chi connectivity index (χ4n) is 3.52. The molecule has 0 aliphatic heterocycles. The van der Waals surface area contributed by atoms with E-state index >= 15 is 0 Å². The third-order valence-electron chi connectivity index (χ3n) is 5.40. The van der Waals surface area contributed by atoms with E-state index in [1.54, 1.807) is 24.3 Å². The van der Waals surface area contributed by atoms with Crippen LogP contribution in [-0.2, 0) is 12.4 Å². The molecule has 4 nitrogen and oxygen atoms in total. The van der Waals surface area contributed by atoms with Gasteiger partial charge in [0.1, 0.15) is 0 Å². The minimum Gasteiger partial charge on any atom is -0.588 e. The summed E-state index contributed by atoms with van der Waals surface area (Å²) in [4.78, 5) is 23.5. The second kappa shape index (κ2) is 22.4. The van der Waals surface area contributed by atoms with Crippen molar-refractivity contribution < 1.29 is 17.2 Å². The summed E-state index contributed by atoms with van der Waals surface area (Å²) in [6.07, 6.45) is 20.0. The summed E-state index contributed by atoms with van der Waals surface area (Å²) in [7, 11) is 0. The Balaban J connectivity index is 0.00000900. The zero-order valence-electron chi connectivity index (χ0n) is 19.0. The van der Waals surface area contributed by atoms with E-state index in [2.05, 4.69) is 6.92 Å². The highest BCUT2D eigenvalue weighted by molar-refractivity contribution is 6.27. The van der Waals surface area contributed by atoms with E-state index in [0.29, 0.717) is 12.0 Å². The zero-order valence-corrected chi connectivity index (χ0v) is 20.5. The molecule has 31 heavy (non-hydrogen) atoms. The molecule has 174 valence electrons. The highest BCUT2D eigenvalue weighted by Gasteiger charge is 2.13. The van der Waals surface area contributed by atoms with E-state index in [0.717, 1.165) is 12.8 Å². The minimum absolute atomic E-state index is 0. The van der Waals surface area contributed by atoms with E-state index in [9.17, 15) is 9.59 Å². The molecule has 0 unspecified atom stereocenters. The third kappa shape index (κ3) is 18.5. The van der Waals surface area contributed by atoms with Crippen molar-refractivity contribution in [2.24, 2.45) is 0 Å². The Hall–Kier alpha value is -0.775. The van der Waals surface area contributed by atoms with Gasteiger partial charge in [0.25, 0.3) is 5.97 Å². The highest BCUT2D eigenvalue weighted by Crippen LogP contribution is 2.13. The summed E-state index contributed by atoms with van der Waals surface area (Å²) in [5, 5.41) is 0. The first-order valence-electron chi connectivity index (χ1n) is 12.1. The normalized spacial score (nSPS) is 10.2. The highest BCUT2D eigenvalue weighted by atomic mass is 27.2. The Kier molecular flexibility index (Phi) is 21.9. The second-order valence-electron chi connectivity index (χ2n) is 8.13. The first-order chi connectivity index (χ1) is 14.7. The molecular formula is C25H44Al2O4. The maximum absolute atomic E-state index is 11.8. The summed E-state index contributed by atoms with van der Waals surface area (Å²) in [6.45, 7) is 2.27. The lowest BCUT2D eigenvalue weighted by molar-refractivity contribution is -0.135. The van der Waals surface area contributed by atoms with Crippen molar-refractivity contribution in [1.29, 1.82) is 0 Å². The van der Waals surface area contributed by atoms with Gasteiger partial charge in [-0.15, -0.1) is 0 Å². The van der Waals surface area contributed by atoms with Crippen LogP contribution in [0, 0.1) is 0 Å². The van der Waals surface area contributed by atoms with Gasteiger partial charge in [-0.3, -0.25) is 4.79 Å². The molecule has 1 rings (SSSR count). The number of carbonyl (C=O) groups excluding carboxylic acids is 2. The molecule has 1 aromatic rings. The number of hydrogen-bond acceptors (Lipinski definition) is 4. The van der Waals surface area contributed by atoms with Crippen LogP contribution in [0.3, 0.4) is 0 Å². The van der Waals surface area contributed by atoms with E-state index in [-0.39, 0.29) is 23.3 Å². The SMILES string of the molecule is CCCCCCCCCCCCCCCCCC(=O)[O][AlH][O]C(=O)c1ccccc1.[AlH3]. The second-order valence-corrected chi connectivity index (χ2v) is 8.94. The number of hydrogen-bond donors (Lipinski definition) is 0. The molecule has 0 N–H and O–H groups in total. The molecule has 0 spiro atoms. The van der Waals surface area contributed by atoms with Crippen LogP contribution in [0.1, 0.15) is 120 Å². The van der Waals surface area contributed by atoms with Gasteiger partial charge in [-0.25, -0.2) is 4.79 Å². The number of carbonyl (C=O) groups is 2. The molecule has 1 aromatic carbocycles. The van der Waals surface area contributed by atoms with E-state index in [1.165, 1.54) is 83.5 Å². The molecule has 6 heteroatoms. The zero-order chi connectivity index (χ0) is 21.7. The van der Waals surface area contributed by atoms with Gasteiger partial charge in [0.05, 0.1) is 5.56 Å². The van der Waals surface area contributed by atoms with Crippen LogP contribution in [0.25, 0.3) is 0 Å². The van der Waals surface area contributed by atoms with Gasteiger partial charge in [-0.2, -0.15) is 0 Å². The summed E-state index contributed by atoms with van der Waals surface area (Å²) in [6, 6.07) is 8.77. The molecule has 0 aromatic heterocycles. The largest absolute Gasteiger partial charge is 0.836 e. The fraction of sp³-hybridized carbons (Fsp3) is 0.680. The van der Waals surface area contributed by atoms with E-state index in [4.69, 9.17) is 7.58 Å². The van der Waals surface area contributed by atoms with Crippen molar-refractivity contribution in [2.75, 3.05) is 0 Å². The number of rotatable bonds is 19. The molecule has 0 fully saturated rings. The summed E-state index contributed by atoms with van der Waals surface area (Å²) in [5.41, 5.74) is 0.489. The lowest BCUT2D eigenvalue weighted by Gasteiger charge is -2.06. The molecule has 0 atom stereocenters. The van der Waals surface area contributed by atoms with Gasteiger partial charge in [-0.05, 0) is 18.6 Å². The first kappa shape index (κ1) is 30.2. The van der Waals surface area contributed by atoms with Gasteiger partial charge in [0, 0.05) is 6.42 Å². The van der Waals surface area contributed by atoms with Crippen LogP contribution in [-0.4, -0.2) is 45.2 Å². The smallest absolute Gasteiger partial charge is 0.588 e. The lowest BCUT2D eigenvalue weighted by atomic mass is 10.0. The van der Waals surface area contributed by atoms with Crippen molar-refractivity contribution in [1.82, 2.24) is 0 Å². The van der Waals surface area contributed by atoms with Gasteiger partial charge in [0.2, 0.25) is 0 Å². The number of benzene rings is 1. The first-order valence-corrected chi connectivity index (χ1v) is 13.3. The third-order valence-corrected chi connectivity index (χ3v) is 6.22. The van der Waals surface area contributed by atoms with Gasteiger partial charge >= 0.3 is 21.9 Å². The van der Waals surface area contributed by atoms with Crippen molar-refractivity contribution in [3.8, 4) is 0 Å². The summed E-state index contributed by atoms with van der Waals surface area (Å²) >= 11 is -1.59. The van der Waals surface area contributed by atoms with E-state index < -0.39 is 21.9 Å². The number of unbranched alkanes of at least 4 members (excludes halogenated alkanes) is 14. The van der Waals surface area contributed by atoms with Crippen LogP contribution >= 0.6 is 0 Å². The summed E-state index contributed by atoms with van der Waals surface area (Å²) < 4.78 is 10.2. The van der Waals surface area contributed by atoms with Crippen LogP contribution < -0.4 is 0 Å². The average molecular weight is 463 g/mol. The molecule has 0 radical (unpaired) electrons. The predicted molar refractivity (Wildman–Crippen MR) is 135 cm³/mol. The van der Waals surface area contributed by atoms with Crippen molar-refractivity contribution in [2.45, 2.75) is 110 Å². The molecule has 0 aliphatic carbocycles. The van der Waals surface area contributed by atoms with Crippen LogP contribution in [0.15, 0.2) is 30.3 Å². The molecule has 0 bridgehead atoms.